The molecule has 0 spiro atoms. The minimum Gasteiger partial charge on any atom is -0.314 e. The molecule has 120 valence electrons. The number of nitrogens with zero attached hydrogens (tertiary/aromatic N) is 4. The van der Waals surface area contributed by atoms with Gasteiger partial charge in [0.25, 0.3) is 0 Å². The molecule has 0 fully saturated rings. The molecule has 3 rings (SSSR count). The molecule has 1 heterocycles. The third-order valence-electron chi connectivity index (χ3n) is 3.59. The minimum atomic E-state index is -0.266. The van der Waals surface area contributed by atoms with Gasteiger partial charge in [0, 0.05) is 18.3 Å². The summed E-state index contributed by atoms with van der Waals surface area (Å²) < 4.78 is 1.37. The number of amides is 1. The third-order valence-corrected chi connectivity index (χ3v) is 3.59. The largest absolute Gasteiger partial charge is 0.314 e. The van der Waals surface area contributed by atoms with E-state index >= 15 is 0 Å². The standard InChI is InChI=1S/C18H16N4O2/c1-21(15-10-6-3-7-11-15)16(23)12-22-13-19-18(20-22)17(24)14-8-4-2-5-9-14/h2-11,13H,12H2,1H3. The van der Waals surface area contributed by atoms with Gasteiger partial charge in [0.2, 0.25) is 17.5 Å². The zero-order valence-electron chi connectivity index (χ0n) is 13.2. The highest BCUT2D eigenvalue weighted by molar-refractivity contribution is 6.06. The summed E-state index contributed by atoms with van der Waals surface area (Å²) in [5.74, 6) is -0.334. The van der Waals surface area contributed by atoms with Crippen molar-refractivity contribution in [3.05, 3.63) is 78.4 Å². The Kier molecular flexibility index (Phi) is 4.47. The number of benzene rings is 2. The van der Waals surface area contributed by atoms with E-state index in [1.165, 1.54) is 11.0 Å². The lowest BCUT2D eigenvalue weighted by molar-refractivity contribution is -0.119. The topological polar surface area (TPSA) is 68.1 Å². The van der Waals surface area contributed by atoms with E-state index in [9.17, 15) is 9.59 Å². The Hall–Kier alpha value is -3.28. The van der Waals surface area contributed by atoms with Crippen LogP contribution in [0.25, 0.3) is 0 Å². The van der Waals surface area contributed by atoms with Crippen LogP contribution in [0.2, 0.25) is 0 Å². The van der Waals surface area contributed by atoms with Gasteiger partial charge >= 0.3 is 0 Å². The predicted octanol–water partition coefficient (Wildman–Crippen LogP) is 2.17. The SMILES string of the molecule is CN(C(=O)Cn1cnc(C(=O)c2ccccc2)n1)c1ccccc1. The van der Waals surface area contributed by atoms with E-state index in [1.807, 2.05) is 36.4 Å². The predicted molar refractivity (Wildman–Crippen MR) is 89.7 cm³/mol. The van der Waals surface area contributed by atoms with Gasteiger partial charge in [0.1, 0.15) is 12.9 Å². The summed E-state index contributed by atoms with van der Waals surface area (Å²) in [4.78, 5) is 30.1. The molecule has 0 unspecified atom stereocenters. The van der Waals surface area contributed by atoms with Crippen molar-refractivity contribution in [2.45, 2.75) is 6.54 Å². The maximum Gasteiger partial charge on any atom is 0.248 e. The van der Waals surface area contributed by atoms with Crippen LogP contribution in [0.3, 0.4) is 0 Å². The smallest absolute Gasteiger partial charge is 0.248 e. The highest BCUT2D eigenvalue weighted by Gasteiger charge is 2.16. The molecule has 0 aliphatic rings. The third kappa shape index (κ3) is 3.38. The molecule has 1 amide bonds. The fourth-order valence-corrected chi connectivity index (χ4v) is 2.23. The van der Waals surface area contributed by atoms with E-state index in [0.29, 0.717) is 5.56 Å². The summed E-state index contributed by atoms with van der Waals surface area (Å²) in [6.07, 6.45) is 1.40. The van der Waals surface area contributed by atoms with Crippen LogP contribution >= 0.6 is 0 Å². The number of anilines is 1. The maximum absolute atomic E-state index is 12.3. The normalized spacial score (nSPS) is 10.4. The van der Waals surface area contributed by atoms with Gasteiger partial charge in [-0.2, -0.15) is 0 Å². The summed E-state index contributed by atoms with van der Waals surface area (Å²) in [6.45, 7) is 0.0143. The molecule has 1 aromatic heterocycles. The molecule has 0 aliphatic carbocycles. The lowest BCUT2D eigenvalue weighted by atomic mass is 10.1. The first-order chi connectivity index (χ1) is 11.6. The van der Waals surface area contributed by atoms with Crippen LogP contribution in [0, 0.1) is 0 Å². The lowest BCUT2D eigenvalue weighted by Crippen LogP contribution is -2.30. The Bertz CT molecular complexity index is 844. The van der Waals surface area contributed by atoms with Gasteiger partial charge in [0.05, 0.1) is 0 Å². The van der Waals surface area contributed by atoms with Crippen LogP contribution < -0.4 is 4.90 Å². The Morgan fingerprint density at radius 2 is 1.62 bits per heavy atom. The Balaban J connectivity index is 1.70. The van der Waals surface area contributed by atoms with Crippen molar-refractivity contribution in [1.82, 2.24) is 14.8 Å². The molecule has 6 heteroatoms. The second kappa shape index (κ2) is 6.87. The lowest BCUT2D eigenvalue weighted by Gasteiger charge is -2.16. The van der Waals surface area contributed by atoms with Gasteiger partial charge in [-0.25, -0.2) is 9.67 Å². The Morgan fingerprint density at radius 3 is 2.29 bits per heavy atom. The first-order valence-corrected chi connectivity index (χ1v) is 7.46. The molecule has 2 aromatic carbocycles. The van der Waals surface area contributed by atoms with E-state index in [2.05, 4.69) is 10.1 Å². The summed E-state index contributed by atoms with van der Waals surface area (Å²) in [5, 5.41) is 4.11. The maximum atomic E-state index is 12.3. The van der Waals surface area contributed by atoms with Crippen molar-refractivity contribution >= 4 is 17.4 Å². The zero-order valence-corrected chi connectivity index (χ0v) is 13.2. The van der Waals surface area contributed by atoms with E-state index in [1.54, 1.807) is 36.2 Å². The fraction of sp³-hybridized carbons (Fsp3) is 0.111. The van der Waals surface area contributed by atoms with Crippen molar-refractivity contribution in [3.8, 4) is 0 Å². The summed E-state index contributed by atoms with van der Waals surface area (Å²) in [6, 6.07) is 18.1. The number of para-hydroxylation sites is 1. The second-order valence-corrected chi connectivity index (χ2v) is 5.25. The Labute approximate surface area is 139 Å². The van der Waals surface area contributed by atoms with E-state index < -0.39 is 0 Å². The molecule has 0 saturated heterocycles. The van der Waals surface area contributed by atoms with E-state index in [0.717, 1.165) is 5.69 Å². The Morgan fingerprint density at radius 1 is 1.00 bits per heavy atom. The van der Waals surface area contributed by atoms with Gasteiger partial charge in [0.15, 0.2) is 0 Å². The number of carbonyl (C=O) groups is 2. The number of carbonyl (C=O) groups excluding carboxylic acids is 2. The molecule has 0 bridgehead atoms. The second-order valence-electron chi connectivity index (χ2n) is 5.25. The van der Waals surface area contributed by atoms with Crippen molar-refractivity contribution < 1.29 is 9.59 Å². The van der Waals surface area contributed by atoms with Crippen molar-refractivity contribution in [3.63, 3.8) is 0 Å². The summed E-state index contributed by atoms with van der Waals surface area (Å²) in [5.41, 5.74) is 1.31. The van der Waals surface area contributed by atoms with E-state index in [-0.39, 0.29) is 24.1 Å². The number of hydrogen-bond acceptors (Lipinski definition) is 4. The number of rotatable bonds is 5. The number of likely N-dealkylation sites (N-methyl/N-ethyl adjacent to an activating group) is 1. The molecule has 0 atom stereocenters. The van der Waals surface area contributed by atoms with Crippen LogP contribution in [0.1, 0.15) is 16.2 Å². The van der Waals surface area contributed by atoms with Crippen LogP contribution in [0.4, 0.5) is 5.69 Å². The highest BCUT2D eigenvalue weighted by atomic mass is 16.2. The molecule has 0 saturated carbocycles. The number of aromatic nitrogens is 3. The minimum absolute atomic E-state index is 0.0143. The zero-order chi connectivity index (χ0) is 16.9. The summed E-state index contributed by atoms with van der Waals surface area (Å²) in [7, 11) is 1.70. The molecular formula is C18H16N4O2. The van der Waals surface area contributed by atoms with Crippen LogP contribution in [-0.4, -0.2) is 33.5 Å². The van der Waals surface area contributed by atoms with Crippen molar-refractivity contribution in [2.75, 3.05) is 11.9 Å². The van der Waals surface area contributed by atoms with Gasteiger partial charge in [-0.05, 0) is 12.1 Å². The molecule has 24 heavy (non-hydrogen) atoms. The van der Waals surface area contributed by atoms with Crippen molar-refractivity contribution in [1.29, 1.82) is 0 Å². The molecule has 0 aliphatic heterocycles. The van der Waals surface area contributed by atoms with Crippen molar-refractivity contribution in [2.24, 2.45) is 0 Å². The number of ketones is 1. The summed E-state index contributed by atoms with van der Waals surface area (Å²) >= 11 is 0. The molecule has 6 nitrogen and oxygen atoms in total. The highest BCUT2D eigenvalue weighted by Crippen LogP contribution is 2.11. The van der Waals surface area contributed by atoms with Gasteiger partial charge in [-0.15, -0.1) is 5.10 Å². The van der Waals surface area contributed by atoms with E-state index in [4.69, 9.17) is 0 Å². The quantitative estimate of drug-likeness (QED) is 0.676. The fourth-order valence-electron chi connectivity index (χ4n) is 2.23. The van der Waals surface area contributed by atoms with Gasteiger partial charge in [-0.3, -0.25) is 9.59 Å². The first kappa shape index (κ1) is 15.6. The average molecular weight is 320 g/mol. The van der Waals surface area contributed by atoms with Crippen LogP contribution in [0.5, 0.6) is 0 Å². The average Bonchev–Trinajstić information content (AvgIpc) is 3.10. The molecule has 0 radical (unpaired) electrons. The first-order valence-electron chi connectivity index (χ1n) is 7.46. The number of hydrogen-bond donors (Lipinski definition) is 0. The van der Waals surface area contributed by atoms with Crippen LogP contribution in [0.15, 0.2) is 67.0 Å². The molecule has 0 N–H and O–H groups in total. The van der Waals surface area contributed by atoms with Gasteiger partial charge in [-0.1, -0.05) is 48.5 Å². The van der Waals surface area contributed by atoms with Gasteiger partial charge < -0.3 is 4.90 Å². The molecule has 3 aromatic rings. The molecular weight excluding hydrogens is 304 g/mol. The monoisotopic (exact) mass is 320 g/mol. The van der Waals surface area contributed by atoms with Crippen LogP contribution in [-0.2, 0) is 11.3 Å².